The topological polar surface area (TPSA) is 59.1 Å². The van der Waals surface area contributed by atoms with Gasteiger partial charge in [0.25, 0.3) is 0 Å². The van der Waals surface area contributed by atoms with E-state index >= 15 is 0 Å². The average molecular weight is 375 g/mol. The number of allylic oxidation sites excluding steroid dienone is 1. The molecule has 5 aliphatic rings. The molecule has 0 unspecified atom stereocenters. The zero-order valence-corrected chi connectivity index (χ0v) is 17.0. The number of ether oxygens (including phenoxy) is 2. The Balaban J connectivity index is 1.44. The van der Waals surface area contributed by atoms with Crippen LogP contribution < -0.4 is 0 Å². The lowest BCUT2D eigenvalue weighted by Gasteiger charge is -2.58. The molecule has 0 aromatic rings. The zero-order valence-electron chi connectivity index (χ0n) is 17.0. The van der Waals surface area contributed by atoms with Crippen LogP contribution in [0.25, 0.3) is 0 Å². The first-order valence-electron chi connectivity index (χ1n) is 10.9. The minimum atomic E-state index is -0.519. The minimum Gasteiger partial charge on any atom is -0.393 e. The smallest absolute Gasteiger partial charge is 0.170 e. The second-order valence-electron chi connectivity index (χ2n) is 10.4. The van der Waals surface area contributed by atoms with E-state index in [0.717, 1.165) is 38.5 Å². The van der Waals surface area contributed by atoms with E-state index in [2.05, 4.69) is 19.9 Å². The Hall–Kier alpha value is -0.710. The highest BCUT2D eigenvalue weighted by Crippen LogP contribution is 2.73. The minimum absolute atomic E-state index is 0.0143. The van der Waals surface area contributed by atoms with Crippen molar-refractivity contribution in [3.63, 3.8) is 0 Å². The zero-order chi connectivity index (χ0) is 19.0. The van der Waals surface area contributed by atoms with Gasteiger partial charge in [-0.3, -0.25) is 4.79 Å². The van der Waals surface area contributed by atoms with Gasteiger partial charge in [0.05, 0.1) is 18.8 Å². The van der Waals surface area contributed by atoms with E-state index < -0.39 is 5.60 Å². The van der Waals surface area contributed by atoms with Crippen LogP contribution >= 0.6 is 0 Å². The van der Waals surface area contributed by atoms with Gasteiger partial charge in [0.1, 0.15) is 0 Å². The average Bonchev–Trinajstić information content (AvgIpc) is 3.32. The number of carbonyl (C=O) groups is 1. The Morgan fingerprint density at radius 1 is 1.30 bits per heavy atom. The van der Waals surface area contributed by atoms with Crippen molar-refractivity contribution < 1.29 is 19.4 Å². The fourth-order valence-corrected chi connectivity index (χ4v) is 7.94. The van der Waals surface area contributed by atoms with Crippen LogP contribution in [0.4, 0.5) is 0 Å². The van der Waals surface area contributed by atoms with E-state index in [1.165, 1.54) is 12.0 Å². The lowest BCUT2D eigenvalue weighted by Crippen LogP contribution is -2.54. The van der Waals surface area contributed by atoms with Crippen LogP contribution in [0.1, 0.15) is 65.2 Å². The van der Waals surface area contributed by atoms with Gasteiger partial charge in [-0.2, -0.15) is 0 Å². The van der Waals surface area contributed by atoms with Crippen LogP contribution in [-0.2, 0) is 14.3 Å². The number of fused-ring (bicyclic) bond motifs is 7. The Morgan fingerprint density at radius 3 is 2.89 bits per heavy atom. The van der Waals surface area contributed by atoms with Gasteiger partial charge in [-0.15, -0.1) is 0 Å². The highest BCUT2D eigenvalue weighted by molar-refractivity contribution is 5.92. The third-order valence-electron chi connectivity index (χ3n) is 9.46. The summed E-state index contributed by atoms with van der Waals surface area (Å²) in [7, 11) is 1.66. The third-order valence-corrected chi connectivity index (χ3v) is 9.46. The molecule has 1 saturated heterocycles. The van der Waals surface area contributed by atoms with Crippen molar-refractivity contribution in [1.29, 1.82) is 0 Å². The van der Waals surface area contributed by atoms with Gasteiger partial charge in [0.2, 0.25) is 0 Å². The molecular weight excluding hydrogens is 340 g/mol. The molecule has 0 amide bonds. The van der Waals surface area contributed by atoms with Crippen LogP contribution in [0.3, 0.4) is 0 Å². The predicted molar refractivity (Wildman–Crippen MR) is 102 cm³/mol. The number of hydrogen-bond acceptors (Lipinski definition) is 4. The van der Waals surface area contributed by atoms with Crippen LogP contribution in [0, 0.1) is 28.6 Å². The molecular formula is C23H34O4. The fourth-order valence-electron chi connectivity index (χ4n) is 7.94. The van der Waals surface area contributed by atoms with Gasteiger partial charge in [0.15, 0.2) is 11.4 Å². The highest BCUT2D eigenvalue weighted by Gasteiger charge is 2.79. The second kappa shape index (κ2) is 5.90. The summed E-state index contributed by atoms with van der Waals surface area (Å²) in [6, 6.07) is 0. The number of carbonyl (C=O) groups excluding carboxylic acids is 1. The monoisotopic (exact) mass is 374 g/mol. The molecule has 0 aromatic heterocycles. The number of aliphatic hydroxyl groups excluding tert-OH is 1. The van der Waals surface area contributed by atoms with Crippen LogP contribution in [0.15, 0.2) is 11.6 Å². The summed E-state index contributed by atoms with van der Waals surface area (Å²) < 4.78 is 11.3. The maximum absolute atomic E-state index is 13.1. The molecule has 0 bridgehead atoms. The van der Waals surface area contributed by atoms with Crippen LogP contribution in [-0.4, -0.2) is 42.4 Å². The van der Waals surface area contributed by atoms with E-state index in [0.29, 0.717) is 30.8 Å². The molecule has 3 saturated carbocycles. The number of ketones is 1. The molecule has 1 aliphatic heterocycles. The van der Waals surface area contributed by atoms with Crippen molar-refractivity contribution in [1.82, 2.24) is 0 Å². The SMILES string of the molecule is COCCC(=O)[C@@]12O[C@@H]1C[C@@H]1[C@@H]3CC=C4C[C@@H](O)CC[C@]4(C)[C@H]3CC[C@]12C. The van der Waals surface area contributed by atoms with Gasteiger partial charge < -0.3 is 14.6 Å². The number of aliphatic hydroxyl groups is 1. The number of hydrogen-bond donors (Lipinski definition) is 1. The van der Waals surface area contributed by atoms with E-state index in [-0.39, 0.29) is 28.8 Å². The van der Waals surface area contributed by atoms with Crippen LogP contribution in [0.5, 0.6) is 0 Å². The summed E-state index contributed by atoms with van der Waals surface area (Å²) in [6.45, 7) is 5.30. The van der Waals surface area contributed by atoms with E-state index in [9.17, 15) is 9.90 Å². The number of rotatable bonds is 4. The first-order chi connectivity index (χ1) is 12.9. The molecule has 0 radical (unpaired) electrons. The quantitative estimate of drug-likeness (QED) is 0.603. The number of methoxy groups -OCH3 is 1. The predicted octanol–water partition coefficient (Wildman–Crippen LogP) is 3.66. The Morgan fingerprint density at radius 2 is 2.11 bits per heavy atom. The van der Waals surface area contributed by atoms with Gasteiger partial charge in [-0.25, -0.2) is 0 Å². The maximum atomic E-state index is 13.1. The van der Waals surface area contributed by atoms with Crippen molar-refractivity contribution in [2.75, 3.05) is 13.7 Å². The molecule has 4 aliphatic carbocycles. The molecule has 1 heterocycles. The molecule has 150 valence electrons. The lowest BCUT2D eigenvalue weighted by molar-refractivity contribution is -0.138. The second-order valence-corrected chi connectivity index (χ2v) is 10.4. The molecule has 4 fully saturated rings. The first kappa shape index (κ1) is 18.3. The van der Waals surface area contributed by atoms with Gasteiger partial charge in [-0.05, 0) is 68.1 Å². The summed E-state index contributed by atoms with van der Waals surface area (Å²) in [4.78, 5) is 13.1. The molecule has 1 N–H and O–H groups in total. The summed E-state index contributed by atoms with van der Waals surface area (Å²) in [5.74, 6) is 2.22. The summed E-state index contributed by atoms with van der Waals surface area (Å²) >= 11 is 0. The van der Waals surface area contributed by atoms with Crippen molar-refractivity contribution in [2.24, 2.45) is 28.6 Å². The molecule has 27 heavy (non-hydrogen) atoms. The summed E-state index contributed by atoms with van der Waals surface area (Å²) in [5, 5.41) is 10.2. The standard InChI is InChI=1S/C23H34O4/c1-21-9-6-15(24)12-14(21)4-5-16-17(21)7-10-22(2)18(16)13-20-23(22,27-20)19(25)8-11-26-3/h4,15-18,20,24H,5-13H2,1-3H3/t15-,16+,17-,18+,20+,21-,22+,23+/m0/s1. The fraction of sp³-hybridized carbons (Fsp3) is 0.870. The molecule has 0 spiro atoms. The van der Waals surface area contributed by atoms with Gasteiger partial charge in [-0.1, -0.05) is 25.5 Å². The molecule has 4 heteroatoms. The van der Waals surface area contributed by atoms with Crippen molar-refractivity contribution in [3.8, 4) is 0 Å². The summed E-state index contributed by atoms with van der Waals surface area (Å²) in [6.07, 6.45) is 10.3. The van der Waals surface area contributed by atoms with Crippen LogP contribution in [0.2, 0.25) is 0 Å². The molecule has 5 rings (SSSR count). The first-order valence-corrected chi connectivity index (χ1v) is 10.9. The Bertz CT molecular complexity index is 686. The Labute approximate surface area is 162 Å². The van der Waals surface area contributed by atoms with Crippen molar-refractivity contribution >= 4 is 5.78 Å². The normalized spacial score (nSPS) is 52.9. The number of epoxide rings is 1. The van der Waals surface area contributed by atoms with E-state index in [1.54, 1.807) is 7.11 Å². The Kier molecular flexibility index (Phi) is 4.00. The van der Waals surface area contributed by atoms with E-state index in [4.69, 9.17) is 9.47 Å². The lowest BCUT2D eigenvalue weighted by atomic mass is 9.47. The van der Waals surface area contributed by atoms with E-state index in [1.807, 2.05) is 0 Å². The van der Waals surface area contributed by atoms with Gasteiger partial charge in [0, 0.05) is 18.9 Å². The maximum Gasteiger partial charge on any atom is 0.170 e. The van der Waals surface area contributed by atoms with Crippen molar-refractivity contribution in [3.05, 3.63) is 11.6 Å². The van der Waals surface area contributed by atoms with Crippen molar-refractivity contribution in [2.45, 2.75) is 83.0 Å². The number of Topliss-reactive ketones (excluding diaryl/α,β-unsaturated/α-hetero) is 1. The summed E-state index contributed by atoms with van der Waals surface area (Å²) in [5.41, 5.74) is 1.23. The van der Waals surface area contributed by atoms with Gasteiger partial charge >= 0.3 is 0 Å². The molecule has 8 atom stereocenters. The largest absolute Gasteiger partial charge is 0.393 e. The third kappa shape index (κ3) is 2.24. The molecule has 4 nitrogen and oxygen atoms in total. The highest BCUT2D eigenvalue weighted by atomic mass is 16.6. The molecule has 0 aromatic carbocycles.